The molecule has 0 spiro atoms. The van der Waals surface area contributed by atoms with Crippen molar-refractivity contribution >= 4 is 6.03 Å². The molecule has 0 saturated carbocycles. The van der Waals surface area contributed by atoms with Crippen molar-refractivity contribution in [3.05, 3.63) is 53.6 Å². The number of halogens is 3. The number of hydrogen-bond acceptors (Lipinski definition) is 4. The third-order valence-corrected chi connectivity index (χ3v) is 4.71. The Morgan fingerprint density at radius 1 is 1.23 bits per heavy atom. The van der Waals surface area contributed by atoms with Crippen LogP contribution in [0.1, 0.15) is 18.1 Å². The zero-order valence-electron chi connectivity index (χ0n) is 16.7. The Labute approximate surface area is 172 Å². The molecule has 162 valence electrons. The first-order valence-corrected chi connectivity index (χ1v) is 9.47. The molecule has 0 aromatic heterocycles. The molecule has 6 nitrogen and oxygen atoms in total. The number of hydrogen-bond donors (Lipinski definition) is 1. The zero-order chi connectivity index (χ0) is 21.7. The van der Waals surface area contributed by atoms with Gasteiger partial charge in [0.25, 0.3) is 0 Å². The maximum atomic E-state index is 13.3. The molecule has 9 heteroatoms. The highest BCUT2D eigenvalue weighted by Gasteiger charge is 2.34. The smallest absolute Gasteiger partial charge is 0.416 e. The number of rotatable bonds is 6. The van der Waals surface area contributed by atoms with Crippen LogP contribution in [0.2, 0.25) is 0 Å². The fourth-order valence-corrected chi connectivity index (χ4v) is 3.14. The van der Waals surface area contributed by atoms with Crippen LogP contribution in [0.3, 0.4) is 0 Å². The number of ether oxygens (including phenoxy) is 3. The average molecular weight is 424 g/mol. The number of nitrogens with one attached hydrogen (secondary N) is 1. The number of carbonyl (C=O) groups excluding carboxylic acids is 1. The highest BCUT2D eigenvalue weighted by atomic mass is 19.4. The number of urea groups is 1. The Morgan fingerprint density at radius 2 is 1.97 bits per heavy atom. The van der Waals surface area contributed by atoms with Gasteiger partial charge < -0.3 is 24.4 Å². The van der Waals surface area contributed by atoms with Gasteiger partial charge in [-0.25, -0.2) is 4.79 Å². The van der Waals surface area contributed by atoms with Crippen molar-refractivity contribution in [3.8, 4) is 17.2 Å². The first kappa shape index (κ1) is 21.6. The Bertz CT molecular complexity index is 889. The van der Waals surface area contributed by atoms with Crippen molar-refractivity contribution in [1.29, 1.82) is 0 Å². The lowest BCUT2D eigenvalue weighted by molar-refractivity contribution is -0.138. The topological polar surface area (TPSA) is 60.0 Å². The zero-order valence-corrected chi connectivity index (χ0v) is 16.7. The van der Waals surface area contributed by atoms with Crippen LogP contribution in [0.25, 0.3) is 0 Å². The van der Waals surface area contributed by atoms with Crippen molar-refractivity contribution in [3.63, 3.8) is 0 Å². The molecule has 0 radical (unpaired) electrons. The maximum Gasteiger partial charge on any atom is 0.416 e. The van der Waals surface area contributed by atoms with Gasteiger partial charge in [-0.2, -0.15) is 13.2 Å². The second-order valence-corrected chi connectivity index (χ2v) is 6.72. The van der Waals surface area contributed by atoms with Gasteiger partial charge in [0.2, 0.25) is 0 Å². The molecule has 0 fully saturated rings. The lowest BCUT2D eigenvalue weighted by Gasteiger charge is -2.31. The van der Waals surface area contributed by atoms with Gasteiger partial charge in [0, 0.05) is 13.1 Å². The van der Waals surface area contributed by atoms with Crippen LogP contribution in [0.5, 0.6) is 17.2 Å². The molecular formula is C21H23F3N2O4. The van der Waals surface area contributed by atoms with E-state index in [1.807, 2.05) is 12.1 Å². The molecule has 1 aliphatic heterocycles. The van der Waals surface area contributed by atoms with E-state index in [1.165, 1.54) is 24.1 Å². The van der Waals surface area contributed by atoms with Crippen LogP contribution in [-0.4, -0.2) is 43.8 Å². The fraction of sp³-hybridized carbons (Fsp3) is 0.381. The monoisotopic (exact) mass is 424 g/mol. The molecule has 1 N–H and O–H groups in total. The quantitative estimate of drug-likeness (QED) is 0.759. The van der Waals surface area contributed by atoms with Crippen LogP contribution in [0.15, 0.2) is 42.5 Å². The number of likely N-dealkylation sites (N-methyl/N-ethyl adjacent to an activating group) is 1. The summed E-state index contributed by atoms with van der Waals surface area (Å²) in [6, 6.07) is 10.4. The molecule has 0 saturated heterocycles. The summed E-state index contributed by atoms with van der Waals surface area (Å²) in [7, 11) is 1.30. The fourth-order valence-electron chi connectivity index (χ4n) is 3.14. The molecule has 30 heavy (non-hydrogen) atoms. The Kier molecular flexibility index (Phi) is 6.59. The highest BCUT2D eigenvalue weighted by Crippen LogP contribution is 2.34. The molecule has 0 bridgehead atoms. The number of benzene rings is 2. The van der Waals surface area contributed by atoms with E-state index in [-0.39, 0.29) is 37.1 Å². The summed E-state index contributed by atoms with van der Waals surface area (Å²) < 4.78 is 56.4. The van der Waals surface area contributed by atoms with Gasteiger partial charge in [0.05, 0.1) is 19.2 Å². The molecule has 1 heterocycles. The van der Waals surface area contributed by atoms with E-state index in [2.05, 4.69) is 5.32 Å². The number of carbonyl (C=O) groups is 1. The van der Waals surface area contributed by atoms with E-state index >= 15 is 0 Å². The normalized spacial score (nSPS) is 15.4. The molecule has 1 aliphatic rings. The van der Waals surface area contributed by atoms with E-state index in [0.29, 0.717) is 18.0 Å². The Balaban J connectivity index is 1.62. The SMILES string of the molecule is CCN(CC1COc2ccccc2O1)C(=O)NCc1ccc(OC)cc1C(F)(F)F. The van der Waals surface area contributed by atoms with Gasteiger partial charge in [0.15, 0.2) is 17.6 Å². The van der Waals surface area contributed by atoms with E-state index in [0.717, 1.165) is 6.07 Å². The minimum Gasteiger partial charge on any atom is -0.497 e. The molecule has 2 amide bonds. The Hall–Kier alpha value is -3.10. The molecule has 0 aliphatic carbocycles. The van der Waals surface area contributed by atoms with Crippen molar-refractivity contribution in [2.75, 3.05) is 26.8 Å². The van der Waals surface area contributed by atoms with E-state index in [9.17, 15) is 18.0 Å². The predicted molar refractivity (Wildman–Crippen MR) is 104 cm³/mol. The summed E-state index contributed by atoms with van der Waals surface area (Å²) in [6.07, 6.45) is -4.93. The summed E-state index contributed by atoms with van der Waals surface area (Å²) >= 11 is 0. The van der Waals surface area contributed by atoms with Crippen molar-refractivity contribution < 1.29 is 32.2 Å². The van der Waals surface area contributed by atoms with Gasteiger partial charge in [0.1, 0.15) is 12.4 Å². The number of amides is 2. The van der Waals surface area contributed by atoms with Crippen LogP contribution in [0.4, 0.5) is 18.0 Å². The van der Waals surface area contributed by atoms with Crippen molar-refractivity contribution in [1.82, 2.24) is 10.2 Å². The third kappa shape index (κ3) is 5.08. The Morgan fingerprint density at radius 3 is 2.63 bits per heavy atom. The summed E-state index contributed by atoms with van der Waals surface area (Å²) in [5.41, 5.74) is -0.885. The van der Waals surface area contributed by atoms with Crippen molar-refractivity contribution in [2.24, 2.45) is 0 Å². The molecule has 2 aromatic carbocycles. The second kappa shape index (κ2) is 9.15. The van der Waals surface area contributed by atoms with Crippen LogP contribution < -0.4 is 19.5 Å². The lowest BCUT2D eigenvalue weighted by atomic mass is 10.1. The van der Waals surface area contributed by atoms with Crippen LogP contribution >= 0.6 is 0 Å². The number of nitrogens with zero attached hydrogens (tertiary/aromatic N) is 1. The van der Waals surface area contributed by atoms with Gasteiger partial charge >= 0.3 is 12.2 Å². The summed E-state index contributed by atoms with van der Waals surface area (Å²) in [4.78, 5) is 14.0. The van der Waals surface area contributed by atoms with E-state index in [4.69, 9.17) is 14.2 Å². The van der Waals surface area contributed by atoms with E-state index in [1.54, 1.807) is 19.1 Å². The van der Waals surface area contributed by atoms with Gasteiger partial charge in [-0.15, -0.1) is 0 Å². The molecule has 1 atom stereocenters. The molecule has 2 aromatic rings. The van der Waals surface area contributed by atoms with Crippen LogP contribution in [-0.2, 0) is 12.7 Å². The first-order valence-electron chi connectivity index (χ1n) is 9.47. The number of fused-ring (bicyclic) bond motifs is 1. The van der Waals surface area contributed by atoms with Gasteiger partial charge in [-0.3, -0.25) is 0 Å². The lowest BCUT2D eigenvalue weighted by Crippen LogP contribution is -2.47. The predicted octanol–water partition coefficient (Wildman–Crippen LogP) is 4.09. The number of para-hydroxylation sites is 2. The second-order valence-electron chi connectivity index (χ2n) is 6.72. The van der Waals surface area contributed by atoms with Gasteiger partial charge in [-0.1, -0.05) is 18.2 Å². The van der Waals surface area contributed by atoms with E-state index < -0.39 is 17.8 Å². The number of methoxy groups -OCH3 is 1. The van der Waals surface area contributed by atoms with Gasteiger partial charge in [-0.05, 0) is 36.8 Å². The summed E-state index contributed by atoms with van der Waals surface area (Å²) in [5, 5.41) is 2.56. The van der Waals surface area contributed by atoms with Crippen molar-refractivity contribution in [2.45, 2.75) is 25.7 Å². The van der Waals surface area contributed by atoms with Crippen LogP contribution in [0, 0.1) is 0 Å². The summed E-state index contributed by atoms with van der Waals surface area (Å²) in [6.45, 7) is 2.40. The molecular weight excluding hydrogens is 401 g/mol. The minimum absolute atomic E-state index is 0.0427. The molecule has 1 unspecified atom stereocenters. The highest BCUT2D eigenvalue weighted by molar-refractivity contribution is 5.74. The minimum atomic E-state index is -4.56. The third-order valence-electron chi connectivity index (χ3n) is 4.71. The average Bonchev–Trinajstić information content (AvgIpc) is 2.74. The molecule has 3 rings (SSSR count). The summed E-state index contributed by atoms with van der Waals surface area (Å²) in [5.74, 6) is 1.33. The first-order chi connectivity index (χ1) is 14.3. The maximum absolute atomic E-state index is 13.3. The largest absolute Gasteiger partial charge is 0.497 e. The number of alkyl halides is 3. The standard InChI is InChI=1S/C21H23F3N2O4/c1-3-26(12-16-13-29-18-6-4-5-7-19(18)30-16)20(27)25-11-14-8-9-15(28-2)10-17(14)21(22,23)24/h4-10,16H,3,11-13H2,1-2H3,(H,25,27).